The molecule has 0 radical (unpaired) electrons. The molecule has 0 bridgehead atoms. The van der Waals surface area contributed by atoms with E-state index in [1.165, 1.54) is 11.1 Å². The van der Waals surface area contributed by atoms with Crippen LogP contribution in [0.3, 0.4) is 0 Å². The number of aromatic nitrogens is 2. The minimum atomic E-state index is 1.02. The molecule has 2 aromatic carbocycles. The van der Waals surface area contributed by atoms with E-state index in [-0.39, 0.29) is 0 Å². The van der Waals surface area contributed by atoms with Gasteiger partial charge in [-0.2, -0.15) is 0 Å². The Morgan fingerprint density at radius 3 is 1.21 bits per heavy atom. The molecule has 0 amide bonds. The molecule has 0 spiro atoms. The Hall–Kier alpha value is -3.26. The van der Waals surface area contributed by atoms with Crippen LogP contribution in [0.25, 0.3) is 44.8 Å². The van der Waals surface area contributed by atoms with Crippen molar-refractivity contribution in [3.63, 3.8) is 0 Å². The van der Waals surface area contributed by atoms with Gasteiger partial charge in [-0.1, -0.05) is 60.7 Å². The van der Waals surface area contributed by atoms with Gasteiger partial charge in [0, 0.05) is 34.6 Å². The molecule has 0 saturated carbocycles. The fourth-order valence-corrected chi connectivity index (χ4v) is 3.52. The average molecular weight is 306 g/mol. The first-order valence-electron chi connectivity index (χ1n) is 8.03. The number of benzene rings is 2. The summed E-state index contributed by atoms with van der Waals surface area (Å²) >= 11 is 0. The van der Waals surface area contributed by atoms with Crippen molar-refractivity contribution in [2.75, 3.05) is 0 Å². The van der Waals surface area contributed by atoms with Crippen LogP contribution in [0.15, 0.2) is 85.2 Å². The maximum Gasteiger partial charge on any atom is 0.0786 e. The Kier molecular flexibility index (Phi) is 2.83. The molecule has 2 heteroatoms. The molecule has 0 aliphatic heterocycles. The predicted octanol–water partition coefficient (Wildman–Crippen LogP) is 5.46. The zero-order chi connectivity index (χ0) is 15.9. The van der Waals surface area contributed by atoms with Gasteiger partial charge in [0.15, 0.2) is 0 Å². The molecule has 0 unspecified atom stereocenters. The van der Waals surface area contributed by atoms with Crippen LogP contribution in [-0.4, -0.2) is 9.97 Å². The van der Waals surface area contributed by atoms with E-state index in [1.807, 2.05) is 24.5 Å². The number of nitrogens with zero attached hydrogens (tertiary/aromatic N) is 2. The van der Waals surface area contributed by atoms with Gasteiger partial charge in [0.05, 0.1) is 11.4 Å². The summed E-state index contributed by atoms with van der Waals surface area (Å²) in [6.45, 7) is 0. The summed E-state index contributed by atoms with van der Waals surface area (Å²) in [7, 11) is 0. The van der Waals surface area contributed by atoms with Crippen LogP contribution in [0.4, 0.5) is 0 Å². The molecule has 2 aromatic heterocycles. The van der Waals surface area contributed by atoms with E-state index in [4.69, 9.17) is 9.97 Å². The van der Waals surface area contributed by atoms with E-state index in [2.05, 4.69) is 60.7 Å². The highest BCUT2D eigenvalue weighted by atomic mass is 14.7. The van der Waals surface area contributed by atoms with Crippen molar-refractivity contribution >= 4 is 0 Å². The quantitative estimate of drug-likeness (QED) is 0.380. The van der Waals surface area contributed by atoms with Crippen molar-refractivity contribution in [3.8, 4) is 44.8 Å². The van der Waals surface area contributed by atoms with Gasteiger partial charge in [-0.05, 0) is 23.3 Å². The summed E-state index contributed by atoms with van der Waals surface area (Å²) in [4.78, 5) is 9.43. The van der Waals surface area contributed by atoms with Crippen LogP contribution in [0.1, 0.15) is 0 Å². The molecule has 0 fully saturated rings. The molecule has 112 valence electrons. The Labute approximate surface area is 140 Å². The molecule has 0 saturated heterocycles. The summed E-state index contributed by atoms with van der Waals surface area (Å²) in [5, 5.41) is 0. The highest BCUT2D eigenvalue weighted by Gasteiger charge is 2.22. The van der Waals surface area contributed by atoms with Gasteiger partial charge in [-0.3, -0.25) is 9.97 Å². The van der Waals surface area contributed by atoms with Crippen LogP contribution in [-0.2, 0) is 0 Å². The van der Waals surface area contributed by atoms with Gasteiger partial charge in [-0.25, -0.2) is 0 Å². The maximum atomic E-state index is 4.71. The van der Waals surface area contributed by atoms with Gasteiger partial charge in [0.25, 0.3) is 0 Å². The average Bonchev–Trinajstić information content (AvgIpc) is 2.67. The van der Waals surface area contributed by atoms with Crippen LogP contribution < -0.4 is 0 Å². The highest BCUT2D eigenvalue weighted by Crippen LogP contribution is 2.45. The Balaban J connectivity index is 2.01. The third kappa shape index (κ3) is 1.83. The second-order valence-electron chi connectivity index (χ2n) is 5.89. The first-order valence-corrected chi connectivity index (χ1v) is 8.03. The second-order valence-corrected chi connectivity index (χ2v) is 5.89. The number of fused-ring (bicyclic) bond motifs is 8. The normalized spacial score (nSPS) is 11.3. The van der Waals surface area contributed by atoms with Crippen molar-refractivity contribution in [1.29, 1.82) is 0 Å². The lowest BCUT2D eigenvalue weighted by molar-refractivity contribution is 1.29. The summed E-state index contributed by atoms with van der Waals surface area (Å²) in [6.07, 6.45) is 3.73. The van der Waals surface area contributed by atoms with E-state index in [9.17, 15) is 0 Å². The summed E-state index contributed by atoms with van der Waals surface area (Å²) in [6, 6.07) is 25.2. The van der Waals surface area contributed by atoms with E-state index >= 15 is 0 Å². The SMILES string of the molecule is c1ccc2c(c1)-c1cccnc1-c1ccccc1-c1cccnc1-2. The first kappa shape index (κ1) is 13.2. The Morgan fingerprint density at radius 1 is 0.375 bits per heavy atom. The van der Waals surface area contributed by atoms with Gasteiger partial charge in [0.1, 0.15) is 0 Å². The summed E-state index contributed by atoms with van der Waals surface area (Å²) in [5.41, 5.74) is 9.00. The van der Waals surface area contributed by atoms with Gasteiger partial charge < -0.3 is 0 Å². The van der Waals surface area contributed by atoms with Crippen molar-refractivity contribution in [2.24, 2.45) is 0 Å². The second kappa shape index (κ2) is 5.14. The van der Waals surface area contributed by atoms with E-state index in [1.54, 1.807) is 0 Å². The number of hydrogen-bond acceptors (Lipinski definition) is 2. The van der Waals surface area contributed by atoms with Crippen LogP contribution in [0.2, 0.25) is 0 Å². The van der Waals surface area contributed by atoms with Crippen molar-refractivity contribution in [3.05, 3.63) is 85.2 Å². The lowest BCUT2D eigenvalue weighted by Crippen LogP contribution is -1.99. The fraction of sp³-hybridized carbons (Fsp3) is 0. The molecule has 0 N–H and O–H groups in total. The standard InChI is InChI=1S/C22H14N2/c1-3-9-17-15(7-1)19-11-5-13-24-22(19)18-10-4-2-8-16(18)20-12-6-14-23-21(17)20/h1-14H. The van der Waals surface area contributed by atoms with Crippen LogP contribution in [0, 0.1) is 0 Å². The zero-order valence-electron chi connectivity index (χ0n) is 13.0. The predicted molar refractivity (Wildman–Crippen MR) is 97.3 cm³/mol. The highest BCUT2D eigenvalue weighted by molar-refractivity contribution is 6.00. The lowest BCUT2D eigenvalue weighted by atomic mass is 9.85. The minimum Gasteiger partial charge on any atom is -0.256 e. The smallest absolute Gasteiger partial charge is 0.0786 e. The molecule has 2 heterocycles. The fourth-order valence-electron chi connectivity index (χ4n) is 3.52. The zero-order valence-corrected chi connectivity index (χ0v) is 13.0. The van der Waals surface area contributed by atoms with Crippen molar-refractivity contribution in [1.82, 2.24) is 9.97 Å². The number of rotatable bonds is 0. The van der Waals surface area contributed by atoms with Gasteiger partial charge >= 0.3 is 0 Å². The Morgan fingerprint density at radius 2 is 0.750 bits per heavy atom. The van der Waals surface area contributed by atoms with Crippen molar-refractivity contribution < 1.29 is 0 Å². The summed E-state index contributed by atoms with van der Waals surface area (Å²) in [5.74, 6) is 0. The van der Waals surface area contributed by atoms with Gasteiger partial charge in [0.2, 0.25) is 0 Å². The van der Waals surface area contributed by atoms with E-state index in [0.29, 0.717) is 0 Å². The van der Waals surface area contributed by atoms with E-state index in [0.717, 1.165) is 33.6 Å². The summed E-state index contributed by atoms with van der Waals surface area (Å²) < 4.78 is 0. The molecular weight excluding hydrogens is 292 g/mol. The molecule has 1 aliphatic rings. The van der Waals surface area contributed by atoms with Crippen LogP contribution >= 0.6 is 0 Å². The van der Waals surface area contributed by atoms with E-state index < -0.39 is 0 Å². The third-order valence-electron chi connectivity index (χ3n) is 4.56. The molecule has 24 heavy (non-hydrogen) atoms. The molecule has 5 rings (SSSR count). The number of pyridine rings is 2. The van der Waals surface area contributed by atoms with Crippen molar-refractivity contribution in [2.45, 2.75) is 0 Å². The van der Waals surface area contributed by atoms with Gasteiger partial charge in [-0.15, -0.1) is 0 Å². The molecule has 0 atom stereocenters. The Bertz CT molecular complexity index is 779. The first-order chi connectivity index (χ1) is 11.9. The topological polar surface area (TPSA) is 25.8 Å². The molecular formula is C22H14N2. The minimum absolute atomic E-state index is 1.02. The third-order valence-corrected chi connectivity index (χ3v) is 4.56. The lowest BCUT2D eigenvalue weighted by Gasteiger charge is -2.21. The molecule has 2 nitrogen and oxygen atoms in total. The largest absolute Gasteiger partial charge is 0.256 e. The number of hydrogen-bond donors (Lipinski definition) is 0. The van der Waals surface area contributed by atoms with Crippen LogP contribution in [0.5, 0.6) is 0 Å². The molecule has 1 aliphatic carbocycles. The monoisotopic (exact) mass is 306 g/mol. The molecule has 4 aromatic rings. The maximum absolute atomic E-state index is 4.71.